The van der Waals surface area contributed by atoms with Crippen LogP contribution in [0, 0.1) is 23.7 Å². The first kappa shape index (κ1) is 44.9. The van der Waals surface area contributed by atoms with Gasteiger partial charge in [0.2, 0.25) is 0 Å². The topological polar surface area (TPSA) is 209 Å². The molecule has 0 aromatic heterocycles. The second kappa shape index (κ2) is 17.5. The third-order valence-corrected chi connectivity index (χ3v) is 12.0. The fraction of sp³-hybridized carbons (Fsp3) is 0.946. The number of hydrogen-bond donors (Lipinski definition) is 6. The van der Waals surface area contributed by atoms with Crippen LogP contribution in [0.1, 0.15) is 94.9 Å². The fourth-order valence-electron chi connectivity index (χ4n) is 8.61. The highest BCUT2D eigenvalue weighted by Crippen LogP contribution is 2.41. The van der Waals surface area contributed by atoms with E-state index in [4.69, 9.17) is 28.4 Å². The van der Waals surface area contributed by atoms with Crippen LogP contribution in [0.15, 0.2) is 5.16 Å². The van der Waals surface area contributed by atoms with Crippen molar-refractivity contribution in [3.63, 3.8) is 0 Å². The molecule has 304 valence electrons. The Labute approximate surface area is 309 Å². The highest BCUT2D eigenvalue weighted by atomic mass is 16.7. The maximum atomic E-state index is 14.1. The van der Waals surface area contributed by atoms with Gasteiger partial charge in [-0.05, 0) is 74.9 Å². The molecule has 0 unspecified atom stereocenters. The monoisotopic (exact) mass is 748 g/mol. The molecule has 3 rings (SSSR count). The van der Waals surface area contributed by atoms with Gasteiger partial charge in [0.15, 0.2) is 12.6 Å². The Kier molecular flexibility index (Phi) is 15.1. The Morgan fingerprint density at radius 3 is 2.08 bits per heavy atom. The number of esters is 1. The van der Waals surface area contributed by atoms with E-state index < -0.39 is 102 Å². The summed E-state index contributed by atoms with van der Waals surface area (Å²) in [5.74, 6) is -4.24. The molecule has 0 aromatic carbocycles. The third-order valence-electron chi connectivity index (χ3n) is 12.0. The third kappa shape index (κ3) is 9.47. The smallest absolute Gasteiger partial charge is 0.311 e. The number of methoxy groups -OCH3 is 1. The van der Waals surface area contributed by atoms with Gasteiger partial charge < -0.3 is 64.1 Å². The van der Waals surface area contributed by atoms with Gasteiger partial charge in [0, 0.05) is 37.3 Å². The maximum Gasteiger partial charge on any atom is 0.311 e. The average molecular weight is 749 g/mol. The van der Waals surface area contributed by atoms with Gasteiger partial charge in [0.1, 0.15) is 23.9 Å². The SMILES string of the molecule is CC[C@H]1OC(=O)[C@H](C)[C@H](O[C@@H]2C[C@](C)(OC)[C@H](O)[C@@H](C)O2)[C@@H](C)[C@H](O[C@@H]2O[C@H](C)C[C@H](N(C)C)[C@H]2O)[C@@](C)(O)C[C@H](C)/C(=N\O)[C@@H](C)[C@@H](O)[C@@]1(C)O. The number of aliphatic hydroxyl groups is 5. The largest absolute Gasteiger partial charge is 0.459 e. The molecule has 18 atom stereocenters. The number of carbonyl (C=O) groups excluding carboxylic acids is 1. The number of likely N-dealkylation sites (N-methyl/N-ethyl adjacent to an activating group) is 1. The second-order valence-electron chi connectivity index (χ2n) is 16.6. The fourth-order valence-corrected chi connectivity index (χ4v) is 8.61. The molecule has 6 N–H and O–H groups in total. The van der Waals surface area contributed by atoms with E-state index >= 15 is 0 Å². The van der Waals surface area contributed by atoms with E-state index in [-0.39, 0.29) is 37.1 Å². The molecule has 0 saturated carbocycles. The summed E-state index contributed by atoms with van der Waals surface area (Å²) in [5.41, 5.74) is -4.68. The van der Waals surface area contributed by atoms with Crippen LogP contribution in [0.25, 0.3) is 0 Å². The van der Waals surface area contributed by atoms with Gasteiger partial charge in [-0.15, -0.1) is 0 Å². The predicted octanol–water partition coefficient (Wildman–Crippen LogP) is 2.05. The molecule has 3 heterocycles. The quantitative estimate of drug-likeness (QED) is 0.125. The normalized spacial score (nSPS) is 49.8. The first-order chi connectivity index (χ1) is 24.0. The zero-order valence-electron chi connectivity index (χ0n) is 33.4. The summed E-state index contributed by atoms with van der Waals surface area (Å²) in [6.07, 6.45) is -9.51. The molecule has 0 spiro atoms. The van der Waals surface area contributed by atoms with Crippen LogP contribution in [0.2, 0.25) is 0 Å². The zero-order valence-corrected chi connectivity index (χ0v) is 33.4. The summed E-state index contributed by atoms with van der Waals surface area (Å²) in [6.45, 7) is 16.6. The van der Waals surface area contributed by atoms with Crippen LogP contribution in [0.4, 0.5) is 0 Å². The maximum absolute atomic E-state index is 14.1. The minimum absolute atomic E-state index is 0.0657. The lowest BCUT2D eigenvalue weighted by Gasteiger charge is -2.49. The number of oxime groups is 1. The van der Waals surface area contributed by atoms with E-state index in [1.807, 2.05) is 25.9 Å². The Balaban J connectivity index is 2.21. The first-order valence-corrected chi connectivity index (χ1v) is 18.7. The molecule has 15 nitrogen and oxygen atoms in total. The molecule has 15 heteroatoms. The van der Waals surface area contributed by atoms with Gasteiger partial charge in [-0.3, -0.25) is 4.79 Å². The molecular weight excluding hydrogens is 680 g/mol. The van der Waals surface area contributed by atoms with E-state index in [1.165, 1.54) is 14.0 Å². The summed E-state index contributed by atoms with van der Waals surface area (Å²) in [7, 11) is 5.19. The van der Waals surface area contributed by atoms with Crippen molar-refractivity contribution in [2.75, 3.05) is 21.2 Å². The lowest BCUT2D eigenvalue weighted by Crippen LogP contribution is -2.61. The van der Waals surface area contributed by atoms with Gasteiger partial charge in [0.25, 0.3) is 0 Å². The number of nitrogens with zero attached hydrogens (tertiary/aromatic N) is 2. The molecule has 3 fully saturated rings. The summed E-state index contributed by atoms with van der Waals surface area (Å²) < 4.78 is 37.2. The minimum atomic E-state index is -1.97. The Morgan fingerprint density at radius 1 is 0.923 bits per heavy atom. The predicted molar refractivity (Wildman–Crippen MR) is 190 cm³/mol. The van der Waals surface area contributed by atoms with Crippen molar-refractivity contribution >= 4 is 11.7 Å². The van der Waals surface area contributed by atoms with E-state index in [0.29, 0.717) is 6.42 Å². The molecule has 0 bridgehead atoms. The molecule has 0 aliphatic carbocycles. The lowest BCUT2D eigenvalue weighted by atomic mass is 9.73. The molecular formula is C37H68N2O13. The zero-order chi connectivity index (χ0) is 39.7. The molecule has 0 radical (unpaired) electrons. The van der Waals surface area contributed by atoms with E-state index in [1.54, 1.807) is 55.4 Å². The Morgan fingerprint density at radius 2 is 1.54 bits per heavy atom. The average Bonchev–Trinajstić information content (AvgIpc) is 3.06. The van der Waals surface area contributed by atoms with Gasteiger partial charge in [-0.2, -0.15) is 0 Å². The van der Waals surface area contributed by atoms with Crippen LogP contribution < -0.4 is 0 Å². The van der Waals surface area contributed by atoms with Crippen LogP contribution in [-0.2, 0) is 33.2 Å². The van der Waals surface area contributed by atoms with E-state index in [9.17, 15) is 35.5 Å². The summed E-state index contributed by atoms with van der Waals surface area (Å²) in [4.78, 5) is 16.0. The highest BCUT2D eigenvalue weighted by Gasteiger charge is 2.53. The van der Waals surface area contributed by atoms with Gasteiger partial charge >= 0.3 is 5.97 Å². The van der Waals surface area contributed by atoms with Crippen molar-refractivity contribution in [3.05, 3.63) is 0 Å². The molecule has 52 heavy (non-hydrogen) atoms. The van der Waals surface area contributed by atoms with Crippen molar-refractivity contribution < 1.29 is 64.0 Å². The molecule has 0 amide bonds. The second-order valence-corrected chi connectivity index (χ2v) is 16.6. The molecule has 3 saturated heterocycles. The highest BCUT2D eigenvalue weighted by molar-refractivity contribution is 5.88. The summed E-state index contributed by atoms with van der Waals surface area (Å²) >= 11 is 0. The Hall–Kier alpha value is -1.50. The molecule has 0 aromatic rings. The Bertz CT molecular complexity index is 1200. The molecule has 3 aliphatic heterocycles. The first-order valence-electron chi connectivity index (χ1n) is 18.7. The van der Waals surface area contributed by atoms with E-state index in [2.05, 4.69) is 5.16 Å². The van der Waals surface area contributed by atoms with Gasteiger partial charge in [-0.25, -0.2) is 0 Å². The number of aliphatic hydroxyl groups excluding tert-OH is 3. The van der Waals surface area contributed by atoms with E-state index in [0.717, 1.165) is 0 Å². The standard InChI is InChI=1S/C37H68N2O13/c1-14-25-37(10,45)30(41)20(4)27(38-46)18(2)16-35(8,44)32(52-34-28(40)24(39(11)12)15-19(3)48-34)21(5)29(22(6)33(43)50-25)51-26-17-36(9,47-13)31(42)23(7)49-26/h18-26,28-32,34,40-42,44-46H,14-17H2,1-13H3/b38-27+/t18-,19+,20+,21+,22+,23+,24-,25+,26+,28+,29+,30+,31+,32-,34-,35-,36-,37-/m0/s1. The van der Waals surface area contributed by atoms with Crippen LogP contribution >= 0.6 is 0 Å². The summed E-state index contributed by atoms with van der Waals surface area (Å²) in [5, 5.41) is 71.8. The number of carbonyl (C=O) groups is 1. The van der Waals surface area contributed by atoms with Gasteiger partial charge in [0.05, 0.1) is 53.4 Å². The lowest BCUT2D eigenvalue weighted by molar-refractivity contribution is -0.317. The summed E-state index contributed by atoms with van der Waals surface area (Å²) in [6, 6.07) is -0.322. The number of cyclic esters (lactones) is 1. The van der Waals surface area contributed by atoms with Crippen molar-refractivity contribution in [2.24, 2.45) is 28.8 Å². The van der Waals surface area contributed by atoms with Crippen molar-refractivity contribution in [1.29, 1.82) is 0 Å². The number of rotatable bonds is 7. The van der Waals surface area contributed by atoms with Crippen LogP contribution in [0.3, 0.4) is 0 Å². The number of hydrogen-bond acceptors (Lipinski definition) is 15. The van der Waals surface area contributed by atoms with Crippen molar-refractivity contribution in [3.8, 4) is 0 Å². The van der Waals surface area contributed by atoms with Crippen LogP contribution in [-0.4, -0.2) is 153 Å². The van der Waals surface area contributed by atoms with Crippen molar-refractivity contribution in [2.45, 2.75) is 179 Å². The van der Waals surface area contributed by atoms with Crippen molar-refractivity contribution in [1.82, 2.24) is 4.90 Å². The van der Waals surface area contributed by atoms with Crippen LogP contribution in [0.5, 0.6) is 0 Å². The van der Waals surface area contributed by atoms with Gasteiger partial charge in [-0.1, -0.05) is 32.9 Å². The number of ether oxygens (including phenoxy) is 6. The molecule has 3 aliphatic rings. The minimum Gasteiger partial charge on any atom is -0.459 e.